The lowest BCUT2D eigenvalue weighted by molar-refractivity contribution is 0.1000. The van der Waals surface area contributed by atoms with E-state index in [2.05, 4.69) is 10.1 Å². The van der Waals surface area contributed by atoms with E-state index in [9.17, 15) is 9.59 Å². The maximum atomic E-state index is 11.1. The van der Waals surface area contributed by atoms with Crippen molar-refractivity contribution in [3.63, 3.8) is 0 Å². The highest BCUT2D eigenvalue weighted by Gasteiger charge is 2.12. The first kappa shape index (κ1) is 15.4. The predicted molar refractivity (Wildman–Crippen MR) is 74.6 cm³/mol. The lowest BCUT2D eigenvalue weighted by Crippen LogP contribution is -2.16. The molecule has 0 saturated carbocycles. The van der Waals surface area contributed by atoms with Crippen molar-refractivity contribution in [1.29, 1.82) is 0 Å². The molecule has 1 aromatic carbocycles. The van der Waals surface area contributed by atoms with Crippen molar-refractivity contribution < 1.29 is 19.1 Å². The van der Waals surface area contributed by atoms with E-state index in [1.807, 2.05) is 0 Å². The van der Waals surface area contributed by atoms with Gasteiger partial charge in [0.25, 0.3) is 0 Å². The fourth-order valence-corrected chi connectivity index (χ4v) is 1.59. The van der Waals surface area contributed by atoms with Crippen LogP contribution in [0, 0.1) is 0 Å². The molecule has 0 fully saturated rings. The van der Waals surface area contributed by atoms with Crippen LogP contribution in [0.25, 0.3) is 0 Å². The molecule has 8 nitrogen and oxygen atoms in total. The molecule has 1 rings (SSSR count). The van der Waals surface area contributed by atoms with Crippen molar-refractivity contribution in [2.75, 3.05) is 31.3 Å². The average Bonchev–Trinajstić information content (AvgIpc) is 2.38. The first-order valence-corrected chi connectivity index (χ1v) is 5.89. The number of carbonyl (C=O) groups is 2. The Morgan fingerprint density at radius 3 is 2.55 bits per heavy atom. The fraction of sp³-hybridized carbons (Fsp3) is 0.333. The number of methoxy groups -OCH3 is 1. The molecule has 20 heavy (non-hydrogen) atoms. The molecule has 2 amide bonds. The van der Waals surface area contributed by atoms with Gasteiger partial charge in [0.15, 0.2) is 0 Å². The van der Waals surface area contributed by atoms with Crippen LogP contribution in [-0.2, 0) is 4.74 Å². The van der Waals surface area contributed by atoms with Gasteiger partial charge in [-0.2, -0.15) is 0 Å². The third-order valence-corrected chi connectivity index (χ3v) is 2.50. The van der Waals surface area contributed by atoms with E-state index in [4.69, 9.17) is 21.9 Å². The highest BCUT2D eigenvalue weighted by Crippen LogP contribution is 2.32. The molecule has 0 aromatic heterocycles. The van der Waals surface area contributed by atoms with Crippen LogP contribution in [0.1, 0.15) is 16.8 Å². The number of amides is 2. The molecular formula is C12H18N4O4. The molecule has 0 aliphatic carbocycles. The Kier molecular flexibility index (Phi) is 5.45. The molecular weight excluding hydrogens is 264 g/mol. The second kappa shape index (κ2) is 7.07. The van der Waals surface area contributed by atoms with Gasteiger partial charge in [-0.15, -0.1) is 0 Å². The molecule has 0 aliphatic rings. The number of hydrogen-bond acceptors (Lipinski definition) is 6. The number of ether oxygens (including phenoxy) is 2. The van der Waals surface area contributed by atoms with Crippen LogP contribution in [-0.4, -0.2) is 32.3 Å². The van der Waals surface area contributed by atoms with Crippen molar-refractivity contribution in [2.45, 2.75) is 6.42 Å². The smallest absolute Gasteiger partial charge is 0.404 e. The maximum absolute atomic E-state index is 11.1. The van der Waals surface area contributed by atoms with Crippen LogP contribution in [0.3, 0.4) is 0 Å². The average molecular weight is 282 g/mol. The van der Waals surface area contributed by atoms with Gasteiger partial charge in [-0.1, -0.05) is 0 Å². The second-order valence-electron chi connectivity index (χ2n) is 3.95. The third kappa shape index (κ3) is 4.23. The summed E-state index contributed by atoms with van der Waals surface area (Å²) >= 11 is 0. The highest BCUT2D eigenvalue weighted by atomic mass is 16.5. The number of benzene rings is 1. The summed E-state index contributed by atoms with van der Waals surface area (Å²) in [5.74, 6) is -0.175. The summed E-state index contributed by atoms with van der Waals surface area (Å²) in [4.78, 5) is 21.5. The van der Waals surface area contributed by atoms with E-state index in [1.54, 1.807) is 0 Å². The van der Waals surface area contributed by atoms with Crippen molar-refractivity contribution >= 4 is 23.4 Å². The van der Waals surface area contributed by atoms with Gasteiger partial charge in [-0.3, -0.25) is 4.79 Å². The van der Waals surface area contributed by atoms with Crippen molar-refractivity contribution in [3.05, 3.63) is 17.7 Å². The van der Waals surface area contributed by atoms with Crippen LogP contribution in [0.2, 0.25) is 0 Å². The van der Waals surface area contributed by atoms with Gasteiger partial charge in [0.05, 0.1) is 19.4 Å². The van der Waals surface area contributed by atoms with Gasteiger partial charge in [0.1, 0.15) is 11.4 Å². The van der Waals surface area contributed by atoms with Gasteiger partial charge in [-0.25, -0.2) is 4.79 Å². The van der Waals surface area contributed by atoms with Crippen LogP contribution in [0.5, 0.6) is 5.75 Å². The van der Waals surface area contributed by atoms with E-state index in [-0.39, 0.29) is 12.2 Å². The number of nitrogens with one attached hydrogen (secondary N) is 1. The molecule has 8 heteroatoms. The summed E-state index contributed by atoms with van der Waals surface area (Å²) in [5.41, 5.74) is 17.0. The van der Waals surface area contributed by atoms with Gasteiger partial charge in [-0.05, 0) is 18.6 Å². The summed E-state index contributed by atoms with van der Waals surface area (Å²) in [6, 6.07) is 2.97. The molecule has 0 saturated heterocycles. The fourth-order valence-electron chi connectivity index (χ4n) is 1.59. The largest absolute Gasteiger partial charge is 0.494 e. The number of rotatable bonds is 7. The lowest BCUT2D eigenvalue weighted by Gasteiger charge is -2.14. The maximum Gasteiger partial charge on any atom is 0.404 e. The Balaban J connectivity index is 2.69. The topological polar surface area (TPSA) is 143 Å². The summed E-state index contributed by atoms with van der Waals surface area (Å²) in [5, 5.41) is 3.04. The van der Waals surface area contributed by atoms with E-state index in [1.165, 1.54) is 19.2 Å². The summed E-state index contributed by atoms with van der Waals surface area (Å²) in [7, 11) is 1.46. The number of nitrogens with two attached hydrogens (primary N) is 3. The third-order valence-electron chi connectivity index (χ3n) is 2.50. The Morgan fingerprint density at radius 2 is 2.00 bits per heavy atom. The molecule has 0 aliphatic heterocycles. The zero-order valence-electron chi connectivity index (χ0n) is 11.1. The van der Waals surface area contributed by atoms with Gasteiger partial charge in [0, 0.05) is 12.1 Å². The quantitative estimate of drug-likeness (QED) is 0.417. The van der Waals surface area contributed by atoms with E-state index in [0.717, 1.165) is 0 Å². The minimum Gasteiger partial charge on any atom is -0.494 e. The number of primary amides is 2. The molecule has 1 aromatic rings. The Morgan fingerprint density at radius 1 is 1.30 bits per heavy atom. The van der Waals surface area contributed by atoms with Crippen LogP contribution >= 0.6 is 0 Å². The van der Waals surface area contributed by atoms with Gasteiger partial charge < -0.3 is 32.0 Å². The first-order valence-electron chi connectivity index (χ1n) is 5.89. The number of carbonyl (C=O) groups excluding carboxylic acids is 2. The molecule has 0 bridgehead atoms. The summed E-state index contributed by atoms with van der Waals surface area (Å²) in [6.45, 7) is 0.688. The SMILES string of the molecule is COc1cc(C(N)=O)cc(N)c1NCCCOC(N)=O. The lowest BCUT2D eigenvalue weighted by atomic mass is 10.1. The molecule has 0 radical (unpaired) electrons. The van der Waals surface area contributed by atoms with E-state index >= 15 is 0 Å². The van der Waals surface area contributed by atoms with Crippen molar-refractivity contribution in [3.8, 4) is 5.75 Å². The molecule has 0 spiro atoms. The van der Waals surface area contributed by atoms with Crippen molar-refractivity contribution in [1.82, 2.24) is 0 Å². The van der Waals surface area contributed by atoms with Crippen LogP contribution < -0.4 is 27.3 Å². The molecule has 0 heterocycles. The zero-order valence-corrected chi connectivity index (χ0v) is 11.1. The molecule has 110 valence electrons. The molecule has 0 unspecified atom stereocenters. The van der Waals surface area contributed by atoms with Crippen molar-refractivity contribution in [2.24, 2.45) is 11.5 Å². The van der Waals surface area contributed by atoms with Crippen LogP contribution in [0.15, 0.2) is 12.1 Å². The summed E-state index contributed by atoms with van der Waals surface area (Å²) < 4.78 is 9.75. The minimum atomic E-state index is -0.812. The van der Waals surface area contributed by atoms with E-state index < -0.39 is 12.0 Å². The highest BCUT2D eigenvalue weighted by molar-refractivity contribution is 5.96. The van der Waals surface area contributed by atoms with Gasteiger partial charge in [0.2, 0.25) is 5.91 Å². The molecule has 7 N–H and O–H groups in total. The van der Waals surface area contributed by atoms with Gasteiger partial charge >= 0.3 is 6.09 Å². The Labute approximate surface area is 116 Å². The first-order chi connectivity index (χ1) is 9.45. The number of hydrogen-bond donors (Lipinski definition) is 4. The predicted octanol–water partition coefficient (Wildman–Crippen LogP) is 0.274. The standard InChI is InChI=1S/C12H18N4O4/c1-19-9-6-7(11(14)17)5-8(13)10(9)16-3-2-4-20-12(15)18/h5-6,16H,2-4,13H2,1H3,(H2,14,17)(H2,15,18). The zero-order chi connectivity index (χ0) is 15.1. The monoisotopic (exact) mass is 282 g/mol. The van der Waals surface area contributed by atoms with Crippen LogP contribution in [0.4, 0.5) is 16.2 Å². The normalized spacial score (nSPS) is 9.85. The summed E-state index contributed by atoms with van der Waals surface area (Å²) in [6.07, 6.45) is -0.267. The minimum absolute atomic E-state index is 0.198. The Hall–Kier alpha value is -2.64. The molecule has 0 atom stereocenters. The number of nitrogen functional groups attached to an aromatic ring is 1. The number of anilines is 2. The second-order valence-corrected chi connectivity index (χ2v) is 3.95. The van der Waals surface area contributed by atoms with E-state index in [0.29, 0.717) is 30.1 Å². The Bertz CT molecular complexity index is 504.